The Morgan fingerprint density at radius 2 is 2.00 bits per heavy atom. The highest BCUT2D eigenvalue weighted by atomic mass is 16.3. The van der Waals surface area contributed by atoms with Crippen LogP contribution in [0.2, 0.25) is 0 Å². The monoisotopic (exact) mass is 164 g/mol. The topological polar surface area (TPSA) is 37.3 Å². The maximum Gasteiger partial charge on any atom is 0.155 e. The molecule has 0 radical (unpaired) electrons. The molecule has 0 amide bonds. The minimum absolute atomic E-state index is 0.201. The molecule has 64 valence electrons. The average Bonchev–Trinajstić information content (AvgIpc) is 2.03. The van der Waals surface area contributed by atoms with E-state index in [-0.39, 0.29) is 5.78 Å². The molecule has 1 unspecified atom stereocenters. The molecule has 1 N–H and O–H groups in total. The van der Waals surface area contributed by atoms with Gasteiger partial charge in [-0.25, -0.2) is 0 Å². The molecule has 0 saturated heterocycles. The molecule has 2 heteroatoms. The quantitative estimate of drug-likeness (QED) is 0.595. The zero-order chi connectivity index (χ0) is 8.55. The molecule has 0 heterocycles. The van der Waals surface area contributed by atoms with E-state index in [0.29, 0.717) is 18.1 Å². The summed E-state index contributed by atoms with van der Waals surface area (Å²) in [5, 5.41) is 9.24. The van der Waals surface area contributed by atoms with E-state index in [0.717, 1.165) is 24.8 Å². The van der Waals surface area contributed by atoms with Crippen LogP contribution in [0.15, 0.2) is 23.5 Å². The third kappa shape index (κ3) is 1.29. The Morgan fingerprint density at radius 1 is 1.25 bits per heavy atom. The summed E-state index contributed by atoms with van der Waals surface area (Å²) in [6.45, 7) is 0. The van der Waals surface area contributed by atoms with Gasteiger partial charge in [-0.15, -0.1) is 0 Å². The first-order chi connectivity index (χ1) is 5.75. The summed E-state index contributed by atoms with van der Waals surface area (Å²) >= 11 is 0. The number of fused-ring (bicyclic) bond motifs is 1. The van der Waals surface area contributed by atoms with Crippen LogP contribution in [0.3, 0.4) is 0 Å². The molecular weight excluding hydrogens is 152 g/mol. The van der Waals surface area contributed by atoms with Crippen LogP contribution in [-0.2, 0) is 4.79 Å². The molecule has 0 aromatic heterocycles. The lowest BCUT2D eigenvalue weighted by molar-refractivity contribution is -0.115. The van der Waals surface area contributed by atoms with Gasteiger partial charge < -0.3 is 5.11 Å². The number of aliphatic hydroxyl groups excluding tert-OH is 1. The zero-order valence-corrected chi connectivity index (χ0v) is 6.92. The normalized spacial score (nSPS) is 29.0. The average molecular weight is 164 g/mol. The molecule has 12 heavy (non-hydrogen) atoms. The van der Waals surface area contributed by atoms with Crippen molar-refractivity contribution in [2.24, 2.45) is 5.92 Å². The second kappa shape index (κ2) is 2.77. The Hall–Kier alpha value is -1.05. The molecule has 2 aliphatic carbocycles. The van der Waals surface area contributed by atoms with E-state index >= 15 is 0 Å². The molecule has 0 aromatic rings. The zero-order valence-electron chi connectivity index (χ0n) is 6.92. The number of rotatable bonds is 0. The minimum atomic E-state index is 0.201. The lowest BCUT2D eigenvalue weighted by atomic mass is 9.80. The van der Waals surface area contributed by atoms with Gasteiger partial charge in [0.2, 0.25) is 0 Å². The van der Waals surface area contributed by atoms with E-state index in [1.54, 1.807) is 12.2 Å². The van der Waals surface area contributed by atoms with Crippen LogP contribution in [-0.4, -0.2) is 10.9 Å². The molecule has 2 rings (SSSR count). The van der Waals surface area contributed by atoms with E-state index < -0.39 is 0 Å². The number of carbonyl (C=O) groups is 1. The van der Waals surface area contributed by atoms with Crippen LogP contribution in [0.25, 0.3) is 0 Å². The number of hydrogen-bond acceptors (Lipinski definition) is 2. The van der Waals surface area contributed by atoms with E-state index in [9.17, 15) is 9.90 Å². The molecule has 0 spiro atoms. The number of ketones is 1. The van der Waals surface area contributed by atoms with Crippen LogP contribution >= 0.6 is 0 Å². The van der Waals surface area contributed by atoms with Crippen molar-refractivity contribution < 1.29 is 9.90 Å². The van der Waals surface area contributed by atoms with Crippen molar-refractivity contribution in [1.82, 2.24) is 0 Å². The fourth-order valence-corrected chi connectivity index (χ4v) is 1.92. The first-order valence-corrected chi connectivity index (χ1v) is 4.39. The maximum absolute atomic E-state index is 11.0. The van der Waals surface area contributed by atoms with Gasteiger partial charge in [0.25, 0.3) is 0 Å². The summed E-state index contributed by atoms with van der Waals surface area (Å²) in [6, 6.07) is 0. The van der Waals surface area contributed by atoms with Gasteiger partial charge in [-0.05, 0) is 36.5 Å². The highest BCUT2D eigenvalue weighted by Gasteiger charge is 2.23. The minimum Gasteiger partial charge on any atom is -0.512 e. The van der Waals surface area contributed by atoms with Crippen LogP contribution in [0, 0.1) is 5.92 Å². The summed E-state index contributed by atoms with van der Waals surface area (Å²) in [5.41, 5.74) is 1.04. The first-order valence-electron chi connectivity index (χ1n) is 4.39. The maximum atomic E-state index is 11.0. The lowest BCUT2D eigenvalue weighted by Crippen LogP contribution is -2.16. The SMILES string of the molecule is O=C1C=C2C=C(O)CCC2CC1. The van der Waals surface area contributed by atoms with Crippen molar-refractivity contribution in [3.05, 3.63) is 23.5 Å². The number of allylic oxidation sites excluding steroid dienone is 4. The molecule has 1 atom stereocenters. The van der Waals surface area contributed by atoms with Crippen LogP contribution in [0.5, 0.6) is 0 Å². The Kier molecular flexibility index (Phi) is 1.75. The Balaban J connectivity index is 2.31. The molecule has 0 aliphatic heterocycles. The Morgan fingerprint density at radius 3 is 2.83 bits per heavy atom. The van der Waals surface area contributed by atoms with Gasteiger partial charge in [-0.1, -0.05) is 0 Å². The van der Waals surface area contributed by atoms with Gasteiger partial charge in [0, 0.05) is 12.8 Å². The van der Waals surface area contributed by atoms with Gasteiger partial charge >= 0.3 is 0 Å². The van der Waals surface area contributed by atoms with Gasteiger partial charge in [-0.2, -0.15) is 0 Å². The third-order valence-electron chi connectivity index (χ3n) is 2.62. The van der Waals surface area contributed by atoms with Crippen LogP contribution in [0.1, 0.15) is 25.7 Å². The van der Waals surface area contributed by atoms with Gasteiger partial charge in [0.05, 0.1) is 5.76 Å². The van der Waals surface area contributed by atoms with E-state index in [1.807, 2.05) is 0 Å². The largest absolute Gasteiger partial charge is 0.512 e. The fourth-order valence-electron chi connectivity index (χ4n) is 1.92. The van der Waals surface area contributed by atoms with Gasteiger partial charge in [0.1, 0.15) is 0 Å². The molecule has 0 aromatic carbocycles. The predicted molar refractivity (Wildman–Crippen MR) is 45.8 cm³/mol. The van der Waals surface area contributed by atoms with E-state index in [4.69, 9.17) is 0 Å². The second-order valence-electron chi connectivity index (χ2n) is 3.52. The summed E-state index contributed by atoms with van der Waals surface area (Å²) in [6.07, 6.45) is 6.86. The Labute approximate surface area is 71.6 Å². The predicted octanol–water partition coefficient (Wildman–Crippen LogP) is 2.13. The summed E-state index contributed by atoms with van der Waals surface area (Å²) in [4.78, 5) is 11.0. The smallest absolute Gasteiger partial charge is 0.155 e. The van der Waals surface area contributed by atoms with E-state index in [1.165, 1.54) is 0 Å². The first kappa shape index (κ1) is 7.59. The lowest BCUT2D eigenvalue weighted by Gasteiger charge is -2.25. The highest BCUT2D eigenvalue weighted by Crippen LogP contribution is 2.33. The van der Waals surface area contributed by atoms with Gasteiger partial charge in [0.15, 0.2) is 5.78 Å². The standard InChI is InChI=1S/C10H12O2/c11-9-3-1-7-2-4-10(12)6-8(7)5-9/h5-7,11H,1-4H2. The summed E-state index contributed by atoms with van der Waals surface area (Å²) in [7, 11) is 0. The summed E-state index contributed by atoms with van der Waals surface area (Å²) < 4.78 is 0. The third-order valence-corrected chi connectivity index (χ3v) is 2.62. The molecule has 2 aliphatic rings. The number of carbonyl (C=O) groups excluding carboxylic acids is 1. The van der Waals surface area contributed by atoms with Crippen molar-refractivity contribution in [2.45, 2.75) is 25.7 Å². The molecule has 0 saturated carbocycles. The second-order valence-corrected chi connectivity index (χ2v) is 3.52. The highest BCUT2D eigenvalue weighted by molar-refractivity contribution is 5.91. The number of hydrogen-bond donors (Lipinski definition) is 1. The molecular formula is C10H12O2. The number of aliphatic hydroxyl groups is 1. The molecule has 0 bridgehead atoms. The van der Waals surface area contributed by atoms with Crippen molar-refractivity contribution >= 4 is 5.78 Å². The van der Waals surface area contributed by atoms with Crippen LogP contribution < -0.4 is 0 Å². The van der Waals surface area contributed by atoms with Crippen molar-refractivity contribution in [1.29, 1.82) is 0 Å². The molecule has 2 nitrogen and oxygen atoms in total. The molecule has 0 fully saturated rings. The summed E-state index contributed by atoms with van der Waals surface area (Å²) in [5.74, 6) is 1.15. The Bertz CT molecular complexity index is 274. The van der Waals surface area contributed by atoms with Gasteiger partial charge in [-0.3, -0.25) is 4.79 Å². The van der Waals surface area contributed by atoms with Crippen molar-refractivity contribution in [2.75, 3.05) is 0 Å². The van der Waals surface area contributed by atoms with Crippen molar-refractivity contribution in [3.8, 4) is 0 Å². The van der Waals surface area contributed by atoms with Crippen LogP contribution in [0.4, 0.5) is 0 Å². The van der Waals surface area contributed by atoms with E-state index in [2.05, 4.69) is 0 Å². The fraction of sp³-hybridized carbons (Fsp3) is 0.500. The van der Waals surface area contributed by atoms with Crippen molar-refractivity contribution in [3.63, 3.8) is 0 Å².